The molecule has 0 atom stereocenters. The zero-order chi connectivity index (χ0) is 14.8. The number of nitrogens with zero attached hydrogens (tertiary/aromatic N) is 1. The van der Waals surface area contributed by atoms with Crippen LogP contribution in [0.25, 0.3) is 0 Å². The van der Waals surface area contributed by atoms with Crippen LogP contribution in [0.1, 0.15) is 48.8 Å². The Kier molecular flexibility index (Phi) is 3.75. The molecule has 22 heavy (non-hydrogen) atoms. The molecule has 1 nitrogen and oxygen atoms in total. The van der Waals surface area contributed by atoms with Crippen LogP contribution in [0.15, 0.2) is 54.6 Å². The smallest absolute Gasteiger partial charge is 0.0240 e. The van der Waals surface area contributed by atoms with Crippen molar-refractivity contribution in [2.45, 2.75) is 50.6 Å². The molecule has 1 aliphatic heterocycles. The second kappa shape index (κ2) is 5.89. The van der Waals surface area contributed by atoms with Crippen molar-refractivity contribution in [2.75, 3.05) is 6.54 Å². The minimum Gasteiger partial charge on any atom is -0.294 e. The SMILES string of the molecule is c1ccc(CN2Cc3ccccc3C3(CCCCC3)C2)cc1. The van der Waals surface area contributed by atoms with E-state index in [9.17, 15) is 0 Å². The predicted octanol–water partition coefficient (Wildman–Crippen LogP) is 4.90. The van der Waals surface area contributed by atoms with Crippen molar-refractivity contribution in [1.82, 2.24) is 4.90 Å². The molecule has 1 spiro atoms. The summed E-state index contributed by atoms with van der Waals surface area (Å²) in [6.07, 6.45) is 6.95. The van der Waals surface area contributed by atoms with Gasteiger partial charge in [0.25, 0.3) is 0 Å². The second-order valence-electron chi connectivity index (χ2n) is 7.13. The first-order valence-corrected chi connectivity index (χ1v) is 8.70. The molecule has 1 fully saturated rings. The Hall–Kier alpha value is -1.60. The molecule has 2 aromatic carbocycles. The molecule has 1 aliphatic carbocycles. The first-order chi connectivity index (χ1) is 10.9. The number of benzene rings is 2. The molecule has 4 rings (SSSR count). The van der Waals surface area contributed by atoms with Gasteiger partial charge >= 0.3 is 0 Å². The fourth-order valence-electron chi connectivity index (χ4n) is 4.59. The lowest BCUT2D eigenvalue weighted by atomic mass is 9.66. The number of hydrogen-bond donors (Lipinski definition) is 0. The Morgan fingerprint density at radius 1 is 0.818 bits per heavy atom. The monoisotopic (exact) mass is 291 g/mol. The molecule has 2 aromatic rings. The topological polar surface area (TPSA) is 3.24 Å². The van der Waals surface area contributed by atoms with Crippen LogP contribution in [-0.2, 0) is 18.5 Å². The summed E-state index contributed by atoms with van der Waals surface area (Å²) in [7, 11) is 0. The lowest BCUT2D eigenvalue weighted by Gasteiger charge is -2.46. The molecule has 0 amide bonds. The minimum absolute atomic E-state index is 0.419. The van der Waals surface area contributed by atoms with Gasteiger partial charge in [0.2, 0.25) is 0 Å². The van der Waals surface area contributed by atoms with E-state index in [4.69, 9.17) is 0 Å². The summed E-state index contributed by atoms with van der Waals surface area (Å²) < 4.78 is 0. The van der Waals surface area contributed by atoms with Crippen molar-refractivity contribution in [3.8, 4) is 0 Å². The zero-order valence-corrected chi connectivity index (χ0v) is 13.3. The van der Waals surface area contributed by atoms with Crippen molar-refractivity contribution in [1.29, 1.82) is 0 Å². The lowest BCUT2D eigenvalue weighted by Crippen LogP contribution is -2.46. The highest BCUT2D eigenvalue weighted by Crippen LogP contribution is 2.44. The molecule has 1 saturated carbocycles. The van der Waals surface area contributed by atoms with Crippen LogP contribution in [0, 0.1) is 0 Å². The van der Waals surface area contributed by atoms with Crippen LogP contribution in [-0.4, -0.2) is 11.4 Å². The van der Waals surface area contributed by atoms with Gasteiger partial charge in [-0.1, -0.05) is 73.9 Å². The van der Waals surface area contributed by atoms with E-state index in [1.807, 2.05) is 0 Å². The number of fused-ring (bicyclic) bond motifs is 2. The first kappa shape index (κ1) is 14.0. The maximum atomic E-state index is 2.67. The first-order valence-electron chi connectivity index (χ1n) is 8.70. The van der Waals surface area contributed by atoms with Gasteiger partial charge in [-0.05, 0) is 29.5 Å². The molecule has 0 bridgehead atoms. The molecule has 0 aromatic heterocycles. The van der Waals surface area contributed by atoms with Crippen molar-refractivity contribution in [2.24, 2.45) is 0 Å². The number of rotatable bonds is 2. The predicted molar refractivity (Wildman–Crippen MR) is 91.8 cm³/mol. The lowest BCUT2D eigenvalue weighted by molar-refractivity contribution is 0.135. The Balaban J connectivity index is 1.64. The van der Waals surface area contributed by atoms with Gasteiger partial charge in [-0.2, -0.15) is 0 Å². The third kappa shape index (κ3) is 2.59. The standard InChI is InChI=1S/C21H25N/c1-3-9-18(10-4-1)15-22-16-19-11-5-6-12-20(19)21(17-22)13-7-2-8-14-21/h1,3-6,9-12H,2,7-8,13-17H2. The molecular weight excluding hydrogens is 266 g/mol. The second-order valence-corrected chi connectivity index (χ2v) is 7.13. The van der Waals surface area contributed by atoms with E-state index in [2.05, 4.69) is 59.5 Å². The highest BCUT2D eigenvalue weighted by molar-refractivity contribution is 5.37. The van der Waals surface area contributed by atoms with Gasteiger partial charge in [0.05, 0.1) is 0 Å². The molecule has 114 valence electrons. The zero-order valence-electron chi connectivity index (χ0n) is 13.3. The maximum absolute atomic E-state index is 2.67. The van der Waals surface area contributed by atoms with Crippen LogP contribution in [0.5, 0.6) is 0 Å². The summed E-state index contributed by atoms with van der Waals surface area (Å²) >= 11 is 0. The van der Waals surface area contributed by atoms with Crippen molar-refractivity contribution >= 4 is 0 Å². The van der Waals surface area contributed by atoms with Crippen LogP contribution in [0.3, 0.4) is 0 Å². The Morgan fingerprint density at radius 2 is 1.55 bits per heavy atom. The Morgan fingerprint density at radius 3 is 2.36 bits per heavy atom. The average molecular weight is 291 g/mol. The summed E-state index contributed by atoms with van der Waals surface area (Å²) in [5.41, 5.74) is 5.07. The van der Waals surface area contributed by atoms with E-state index in [-0.39, 0.29) is 0 Å². The van der Waals surface area contributed by atoms with Gasteiger partial charge in [-0.15, -0.1) is 0 Å². The van der Waals surface area contributed by atoms with Gasteiger partial charge in [-0.3, -0.25) is 4.90 Å². The normalized spacial score (nSPS) is 20.7. The summed E-state index contributed by atoms with van der Waals surface area (Å²) in [5.74, 6) is 0. The molecule has 0 saturated heterocycles. The summed E-state index contributed by atoms with van der Waals surface area (Å²) in [5, 5.41) is 0. The van der Waals surface area contributed by atoms with E-state index in [1.165, 1.54) is 44.2 Å². The molecule has 1 heterocycles. The van der Waals surface area contributed by atoms with E-state index in [0.717, 1.165) is 13.1 Å². The van der Waals surface area contributed by atoms with Crippen molar-refractivity contribution in [3.05, 3.63) is 71.3 Å². The van der Waals surface area contributed by atoms with Gasteiger partial charge in [0.15, 0.2) is 0 Å². The highest BCUT2D eigenvalue weighted by Gasteiger charge is 2.39. The van der Waals surface area contributed by atoms with Gasteiger partial charge in [0.1, 0.15) is 0 Å². The Bertz CT molecular complexity index is 625. The summed E-state index contributed by atoms with van der Waals surface area (Å²) in [6.45, 7) is 3.42. The van der Waals surface area contributed by atoms with Crippen LogP contribution >= 0.6 is 0 Å². The molecular formula is C21H25N. The fourth-order valence-corrected chi connectivity index (χ4v) is 4.59. The summed E-state index contributed by atoms with van der Waals surface area (Å²) in [6, 6.07) is 20.1. The van der Waals surface area contributed by atoms with Crippen molar-refractivity contribution < 1.29 is 0 Å². The summed E-state index contributed by atoms with van der Waals surface area (Å²) in [4.78, 5) is 2.67. The maximum Gasteiger partial charge on any atom is 0.0240 e. The largest absolute Gasteiger partial charge is 0.294 e. The highest BCUT2D eigenvalue weighted by atomic mass is 15.1. The van der Waals surface area contributed by atoms with Crippen LogP contribution < -0.4 is 0 Å². The van der Waals surface area contributed by atoms with E-state index < -0.39 is 0 Å². The van der Waals surface area contributed by atoms with Crippen LogP contribution in [0.4, 0.5) is 0 Å². The average Bonchev–Trinajstić information content (AvgIpc) is 2.57. The quantitative estimate of drug-likeness (QED) is 0.760. The van der Waals surface area contributed by atoms with Crippen LogP contribution in [0.2, 0.25) is 0 Å². The molecule has 0 N–H and O–H groups in total. The van der Waals surface area contributed by atoms with E-state index in [1.54, 1.807) is 11.1 Å². The molecule has 1 heteroatoms. The van der Waals surface area contributed by atoms with E-state index in [0.29, 0.717) is 5.41 Å². The third-order valence-electron chi connectivity index (χ3n) is 5.57. The Labute approximate surface area is 134 Å². The van der Waals surface area contributed by atoms with Gasteiger partial charge in [-0.25, -0.2) is 0 Å². The fraction of sp³-hybridized carbons (Fsp3) is 0.429. The third-order valence-corrected chi connectivity index (χ3v) is 5.57. The molecule has 2 aliphatic rings. The van der Waals surface area contributed by atoms with Crippen molar-refractivity contribution in [3.63, 3.8) is 0 Å². The molecule has 0 unspecified atom stereocenters. The van der Waals surface area contributed by atoms with Gasteiger partial charge < -0.3 is 0 Å². The van der Waals surface area contributed by atoms with Gasteiger partial charge in [0, 0.05) is 25.0 Å². The minimum atomic E-state index is 0.419. The molecule has 0 radical (unpaired) electrons. The van der Waals surface area contributed by atoms with E-state index >= 15 is 0 Å². The number of hydrogen-bond acceptors (Lipinski definition) is 1.